The van der Waals surface area contributed by atoms with Gasteiger partial charge in [0.1, 0.15) is 23.9 Å². The lowest BCUT2D eigenvalue weighted by Gasteiger charge is -2.28. The first-order valence-electron chi connectivity index (χ1n) is 10.6. The number of Topliss-reactive ketones (excluding diaryl/α,β-unsaturated/α-hetero) is 2. The van der Waals surface area contributed by atoms with E-state index in [4.69, 9.17) is 21.1 Å². The quantitative estimate of drug-likeness (QED) is 0.438. The van der Waals surface area contributed by atoms with Crippen LogP contribution in [-0.4, -0.2) is 30.3 Å². The number of methoxy groups -OCH3 is 1. The first kappa shape index (κ1) is 23.2. The highest BCUT2D eigenvalue weighted by Gasteiger charge is 2.24. The summed E-state index contributed by atoms with van der Waals surface area (Å²) in [5.74, 6) is 1.06. The van der Waals surface area contributed by atoms with E-state index in [1.54, 1.807) is 24.3 Å². The van der Waals surface area contributed by atoms with Crippen LogP contribution in [0.5, 0.6) is 11.6 Å². The van der Waals surface area contributed by atoms with Crippen molar-refractivity contribution >= 4 is 23.2 Å². The molecule has 31 heavy (non-hydrogen) atoms. The molecule has 1 saturated carbocycles. The van der Waals surface area contributed by atoms with Crippen LogP contribution in [0.25, 0.3) is 0 Å². The molecule has 0 aliphatic heterocycles. The molecule has 1 aliphatic carbocycles. The minimum absolute atomic E-state index is 0.0121. The van der Waals surface area contributed by atoms with Crippen molar-refractivity contribution in [2.45, 2.75) is 44.9 Å². The van der Waals surface area contributed by atoms with Gasteiger partial charge in [-0.15, -0.1) is 0 Å². The molecule has 166 valence electrons. The van der Waals surface area contributed by atoms with E-state index in [1.165, 1.54) is 19.2 Å². The maximum atomic E-state index is 13.4. The van der Waals surface area contributed by atoms with E-state index in [9.17, 15) is 14.0 Å². The summed E-state index contributed by atoms with van der Waals surface area (Å²) < 4.78 is 23.9. The summed E-state index contributed by atoms with van der Waals surface area (Å²) in [6, 6.07) is 9.35. The second-order valence-electron chi connectivity index (χ2n) is 8.02. The molecule has 1 aromatic carbocycles. The molecule has 0 N–H and O–H groups in total. The standard InChI is InChI=1S/C24H27ClFNO4/c1-30-24-4-2-3-22(27-24)23(29)12-9-16-5-7-17(8-6-16)13-18(28)15-31-19-10-11-20(25)21(26)14-19/h2-4,10-11,14,16-17H,5-9,12-13,15H2,1H3. The van der Waals surface area contributed by atoms with Crippen molar-refractivity contribution in [2.24, 2.45) is 11.8 Å². The van der Waals surface area contributed by atoms with E-state index >= 15 is 0 Å². The Morgan fingerprint density at radius 1 is 1.13 bits per heavy atom. The van der Waals surface area contributed by atoms with Crippen LogP contribution >= 0.6 is 11.6 Å². The van der Waals surface area contributed by atoms with Gasteiger partial charge in [-0.05, 0) is 49.3 Å². The van der Waals surface area contributed by atoms with Crippen LogP contribution in [-0.2, 0) is 4.79 Å². The summed E-state index contributed by atoms with van der Waals surface area (Å²) >= 11 is 5.64. The van der Waals surface area contributed by atoms with Crippen LogP contribution in [0.4, 0.5) is 4.39 Å². The molecule has 0 amide bonds. The zero-order chi connectivity index (χ0) is 22.2. The highest BCUT2D eigenvalue weighted by molar-refractivity contribution is 6.30. The van der Waals surface area contributed by atoms with Crippen molar-refractivity contribution < 1.29 is 23.5 Å². The van der Waals surface area contributed by atoms with Gasteiger partial charge in [0.15, 0.2) is 11.6 Å². The Morgan fingerprint density at radius 3 is 2.58 bits per heavy atom. The molecule has 2 aromatic rings. The largest absolute Gasteiger partial charge is 0.486 e. The van der Waals surface area contributed by atoms with Gasteiger partial charge in [-0.1, -0.05) is 30.5 Å². The fraction of sp³-hybridized carbons (Fsp3) is 0.458. The number of halogens is 2. The fourth-order valence-corrected chi connectivity index (χ4v) is 4.10. The number of benzene rings is 1. The van der Waals surface area contributed by atoms with Crippen LogP contribution in [0.1, 0.15) is 55.4 Å². The van der Waals surface area contributed by atoms with E-state index in [1.807, 2.05) is 0 Å². The molecule has 1 heterocycles. The Bertz CT molecular complexity index is 912. The number of carbonyl (C=O) groups excluding carboxylic acids is 2. The van der Waals surface area contributed by atoms with Gasteiger partial charge in [0.25, 0.3) is 0 Å². The van der Waals surface area contributed by atoms with E-state index in [2.05, 4.69) is 4.98 Å². The second kappa shape index (κ2) is 11.2. The number of ketones is 2. The number of carbonyl (C=O) groups is 2. The van der Waals surface area contributed by atoms with Crippen LogP contribution < -0.4 is 9.47 Å². The highest BCUT2D eigenvalue weighted by atomic mass is 35.5. The van der Waals surface area contributed by atoms with Crippen molar-refractivity contribution in [3.63, 3.8) is 0 Å². The monoisotopic (exact) mass is 447 g/mol. The smallest absolute Gasteiger partial charge is 0.213 e. The highest BCUT2D eigenvalue weighted by Crippen LogP contribution is 2.33. The summed E-state index contributed by atoms with van der Waals surface area (Å²) in [7, 11) is 1.53. The predicted molar refractivity (Wildman–Crippen MR) is 116 cm³/mol. The molecule has 1 aliphatic rings. The van der Waals surface area contributed by atoms with E-state index < -0.39 is 5.82 Å². The third-order valence-corrected chi connectivity index (χ3v) is 6.08. The lowest BCUT2D eigenvalue weighted by atomic mass is 9.78. The molecule has 7 heteroatoms. The first-order chi connectivity index (χ1) is 14.9. The number of hydrogen-bond acceptors (Lipinski definition) is 5. The minimum atomic E-state index is -0.564. The molecule has 0 atom stereocenters. The number of pyridine rings is 1. The molecule has 1 fully saturated rings. The van der Waals surface area contributed by atoms with E-state index in [-0.39, 0.29) is 23.2 Å². The maximum Gasteiger partial charge on any atom is 0.213 e. The molecule has 0 radical (unpaired) electrons. The van der Waals surface area contributed by atoms with Gasteiger partial charge in [-0.3, -0.25) is 9.59 Å². The van der Waals surface area contributed by atoms with Crippen molar-refractivity contribution in [3.05, 3.63) is 52.9 Å². The van der Waals surface area contributed by atoms with Gasteiger partial charge in [0.2, 0.25) is 5.88 Å². The van der Waals surface area contributed by atoms with Crippen LogP contribution in [0, 0.1) is 17.7 Å². The number of hydrogen-bond donors (Lipinski definition) is 0. The van der Waals surface area contributed by atoms with Gasteiger partial charge in [0.05, 0.1) is 12.1 Å². The first-order valence-corrected chi connectivity index (χ1v) is 11.0. The van der Waals surface area contributed by atoms with E-state index in [0.717, 1.165) is 32.1 Å². The van der Waals surface area contributed by atoms with Crippen LogP contribution in [0.3, 0.4) is 0 Å². The second-order valence-corrected chi connectivity index (χ2v) is 8.43. The summed E-state index contributed by atoms with van der Waals surface area (Å²) in [4.78, 5) is 28.8. The summed E-state index contributed by atoms with van der Waals surface area (Å²) in [6.45, 7) is -0.0664. The Hall–Kier alpha value is -2.47. The van der Waals surface area contributed by atoms with Gasteiger partial charge >= 0.3 is 0 Å². The van der Waals surface area contributed by atoms with Crippen molar-refractivity contribution in [3.8, 4) is 11.6 Å². The number of aromatic nitrogens is 1. The topological polar surface area (TPSA) is 65.5 Å². The Balaban J connectivity index is 1.35. The van der Waals surface area contributed by atoms with Gasteiger partial charge in [-0.25, -0.2) is 9.37 Å². The molecule has 0 bridgehead atoms. The van der Waals surface area contributed by atoms with Crippen molar-refractivity contribution in [1.82, 2.24) is 4.98 Å². The average molecular weight is 448 g/mol. The van der Waals surface area contributed by atoms with Gasteiger partial charge < -0.3 is 9.47 Å². The molecule has 3 rings (SSSR count). The summed E-state index contributed by atoms with van der Waals surface area (Å²) in [5.41, 5.74) is 0.444. The summed E-state index contributed by atoms with van der Waals surface area (Å²) in [5, 5.41) is 0.0249. The molecule has 0 unspecified atom stereocenters. The molecular weight excluding hydrogens is 421 g/mol. The minimum Gasteiger partial charge on any atom is -0.486 e. The van der Waals surface area contributed by atoms with Crippen LogP contribution in [0.15, 0.2) is 36.4 Å². The molecule has 1 aromatic heterocycles. The fourth-order valence-electron chi connectivity index (χ4n) is 3.98. The molecule has 5 nitrogen and oxygen atoms in total. The Morgan fingerprint density at radius 2 is 1.87 bits per heavy atom. The Labute approximate surface area is 186 Å². The predicted octanol–water partition coefficient (Wildman–Crippen LogP) is 5.69. The lowest BCUT2D eigenvalue weighted by molar-refractivity contribution is -0.122. The van der Waals surface area contributed by atoms with E-state index in [0.29, 0.717) is 42.0 Å². The molecule has 0 saturated heterocycles. The third kappa shape index (κ3) is 7.03. The third-order valence-electron chi connectivity index (χ3n) is 5.77. The van der Waals surface area contributed by atoms with Crippen molar-refractivity contribution in [2.75, 3.05) is 13.7 Å². The lowest BCUT2D eigenvalue weighted by Crippen LogP contribution is -2.21. The summed E-state index contributed by atoms with van der Waals surface area (Å²) in [6.07, 6.45) is 5.74. The molecular formula is C24H27ClFNO4. The normalized spacial score (nSPS) is 18.4. The zero-order valence-electron chi connectivity index (χ0n) is 17.6. The number of rotatable bonds is 10. The SMILES string of the molecule is COc1cccc(C(=O)CCC2CCC(CC(=O)COc3ccc(Cl)c(F)c3)CC2)n1. The maximum absolute atomic E-state index is 13.4. The number of nitrogens with zero attached hydrogens (tertiary/aromatic N) is 1. The van der Waals surface area contributed by atoms with Crippen molar-refractivity contribution in [1.29, 1.82) is 0 Å². The zero-order valence-corrected chi connectivity index (χ0v) is 18.4. The number of ether oxygens (including phenoxy) is 2. The average Bonchev–Trinajstić information content (AvgIpc) is 2.79. The van der Waals surface area contributed by atoms with Crippen LogP contribution in [0.2, 0.25) is 5.02 Å². The van der Waals surface area contributed by atoms with Gasteiger partial charge in [-0.2, -0.15) is 0 Å². The Kier molecular flexibility index (Phi) is 8.41. The van der Waals surface area contributed by atoms with Gasteiger partial charge in [0, 0.05) is 25.0 Å². The molecule has 0 spiro atoms.